The Morgan fingerprint density at radius 2 is 1.77 bits per heavy atom. The van der Waals surface area contributed by atoms with Gasteiger partial charge in [-0.1, -0.05) is 30.3 Å². The van der Waals surface area contributed by atoms with Gasteiger partial charge in [-0.25, -0.2) is 0 Å². The molecule has 1 aromatic carbocycles. The number of carbonyl (C=O) groups is 3. The minimum atomic E-state index is -0.273. The molecule has 0 saturated heterocycles. The number of hydrogen-bond donors (Lipinski definition) is 2. The fraction of sp³-hybridized carbons (Fsp3) is 0.316. The number of rotatable bonds is 9. The largest absolute Gasteiger partial charge is 0.467 e. The van der Waals surface area contributed by atoms with Crippen LogP contribution in [0.15, 0.2) is 53.1 Å². The highest BCUT2D eigenvalue weighted by Crippen LogP contribution is 2.00. The second-order valence-electron chi connectivity index (χ2n) is 5.87. The molecule has 0 spiro atoms. The highest BCUT2D eigenvalue weighted by atomic mass is 16.3. The molecule has 26 heavy (non-hydrogen) atoms. The number of hydrogen-bond acceptors (Lipinski definition) is 4. The summed E-state index contributed by atoms with van der Waals surface area (Å²) in [5, 5.41) is 5.39. The fourth-order valence-electron chi connectivity index (χ4n) is 2.30. The second-order valence-corrected chi connectivity index (χ2v) is 5.87. The Hall–Kier alpha value is -3.09. The van der Waals surface area contributed by atoms with E-state index in [0.29, 0.717) is 5.76 Å². The van der Waals surface area contributed by atoms with Crippen molar-refractivity contribution in [2.75, 3.05) is 20.1 Å². The predicted octanol–water partition coefficient (Wildman–Crippen LogP) is 1.10. The minimum Gasteiger partial charge on any atom is -0.467 e. The lowest BCUT2D eigenvalue weighted by Crippen LogP contribution is -2.39. The molecule has 0 bridgehead atoms. The Bertz CT molecular complexity index is 714. The van der Waals surface area contributed by atoms with Crippen LogP contribution < -0.4 is 10.6 Å². The van der Waals surface area contributed by atoms with Crippen LogP contribution in [0.25, 0.3) is 0 Å². The smallest absolute Gasteiger partial charge is 0.239 e. The van der Waals surface area contributed by atoms with Crippen molar-refractivity contribution < 1.29 is 18.8 Å². The summed E-state index contributed by atoms with van der Waals surface area (Å²) in [4.78, 5) is 37.0. The highest BCUT2D eigenvalue weighted by Gasteiger charge is 2.13. The molecule has 0 unspecified atom stereocenters. The molecule has 1 aromatic heterocycles. The first kappa shape index (κ1) is 19.2. The average Bonchev–Trinajstić information content (AvgIpc) is 3.14. The van der Waals surface area contributed by atoms with Crippen molar-refractivity contribution in [1.82, 2.24) is 15.5 Å². The average molecular weight is 357 g/mol. The molecule has 2 N–H and O–H groups in total. The van der Waals surface area contributed by atoms with Gasteiger partial charge in [0.15, 0.2) is 0 Å². The van der Waals surface area contributed by atoms with Gasteiger partial charge in [0.1, 0.15) is 5.76 Å². The van der Waals surface area contributed by atoms with Crippen molar-refractivity contribution in [3.8, 4) is 0 Å². The summed E-state index contributed by atoms with van der Waals surface area (Å²) in [6.07, 6.45) is 1.95. The molecule has 1 heterocycles. The van der Waals surface area contributed by atoms with E-state index in [1.54, 1.807) is 19.2 Å². The van der Waals surface area contributed by atoms with Gasteiger partial charge in [-0.2, -0.15) is 0 Å². The molecule has 7 nitrogen and oxygen atoms in total. The number of nitrogens with one attached hydrogen (secondary N) is 2. The van der Waals surface area contributed by atoms with Crippen LogP contribution in [0.4, 0.5) is 0 Å². The number of nitrogens with zero attached hydrogens (tertiary/aromatic N) is 1. The van der Waals surface area contributed by atoms with E-state index in [9.17, 15) is 14.4 Å². The zero-order valence-corrected chi connectivity index (χ0v) is 14.7. The molecule has 0 aliphatic heterocycles. The van der Waals surface area contributed by atoms with E-state index in [-0.39, 0.29) is 50.2 Å². The first-order valence-corrected chi connectivity index (χ1v) is 8.38. The summed E-state index contributed by atoms with van der Waals surface area (Å²) in [5.41, 5.74) is 0.918. The molecule has 0 aliphatic rings. The Balaban J connectivity index is 1.62. The summed E-state index contributed by atoms with van der Waals surface area (Å²) in [5.74, 6) is 0.0276. The maximum atomic E-state index is 12.0. The first-order chi connectivity index (χ1) is 12.5. The molecule has 0 saturated carbocycles. The highest BCUT2D eigenvalue weighted by molar-refractivity contribution is 5.85. The Morgan fingerprint density at radius 3 is 2.46 bits per heavy atom. The Labute approximate surface area is 152 Å². The number of furan rings is 1. The normalized spacial score (nSPS) is 10.2. The third-order valence-electron chi connectivity index (χ3n) is 3.71. The lowest BCUT2D eigenvalue weighted by atomic mass is 10.1. The Morgan fingerprint density at radius 1 is 1.00 bits per heavy atom. The van der Waals surface area contributed by atoms with Gasteiger partial charge in [-0.3, -0.25) is 14.4 Å². The van der Waals surface area contributed by atoms with Gasteiger partial charge < -0.3 is 20.0 Å². The third kappa shape index (κ3) is 6.80. The predicted molar refractivity (Wildman–Crippen MR) is 96.0 cm³/mol. The van der Waals surface area contributed by atoms with E-state index < -0.39 is 0 Å². The molecule has 3 amide bonds. The Kier molecular flexibility index (Phi) is 7.42. The molecule has 0 aliphatic carbocycles. The quantitative estimate of drug-likeness (QED) is 0.703. The van der Waals surface area contributed by atoms with Gasteiger partial charge >= 0.3 is 0 Å². The van der Waals surface area contributed by atoms with Crippen LogP contribution in [0.2, 0.25) is 0 Å². The molecular formula is C19H23N3O4. The topological polar surface area (TPSA) is 91.7 Å². The lowest BCUT2D eigenvalue weighted by molar-refractivity contribution is -0.134. The van der Waals surface area contributed by atoms with Crippen LogP contribution in [0.5, 0.6) is 0 Å². The van der Waals surface area contributed by atoms with Crippen molar-refractivity contribution in [1.29, 1.82) is 0 Å². The number of amides is 3. The van der Waals surface area contributed by atoms with Crippen molar-refractivity contribution in [2.45, 2.75) is 19.4 Å². The van der Waals surface area contributed by atoms with Crippen LogP contribution in [-0.4, -0.2) is 42.8 Å². The van der Waals surface area contributed by atoms with Crippen LogP contribution in [0.1, 0.15) is 17.7 Å². The van der Waals surface area contributed by atoms with E-state index in [1.165, 1.54) is 11.2 Å². The van der Waals surface area contributed by atoms with E-state index in [2.05, 4.69) is 10.6 Å². The molecule has 7 heteroatoms. The van der Waals surface area contributed by atoms with Gasteiger partial charge in [0.2, 0.25) is 17.7 Å². The summed E-state index contributed by atoms with van der Waals surface area (Å²) in [7, 11) is 1.56. The van der Waals surface area contributed by atoms with Gasteiger partial charge in [0, 0.05) is 20.0 Å². The number of carbonyl (C=O) groups excluding carboxylic acids is 3. The number of benzene rings is 1. The van der Waals surface area contributed by atoms with Crippen molar-refractivity contribution in [2.24, 2.45) is 0 Å². The van der Waals surface area contributed by atoms with Gasteiger partial charge in [-0.05, 0) is 17.7 Å². The van der Waals surface area contributed by atoms with E-state index in [1.807, 2.05) is 30.3 Å². The van der Waals surface area contributed by atoms with Crippen molar-refractivity contribution in [3.63, 3.8) is 0 Å². The summed E-state index contributed by atoms with van der Waals surface area (Å²) >= 11 is 0. The fourth-order valence-corrected chi connectivity index (χ4v) is 2.30. The zero-order chi connectivity index (χ0) is 18.8. The van der Waals surface area contributed by atoms with Crippen LogP contribution in [-0.2, 0) is 27.3 Å². The van der Waals surface area contributed by atoms with Crippen LogP contribution in [0.3, 0.4) is 0 Å². The summed E-state index contributed by atoms with van der Waals surface area (Å²) in [6.45, 7) is 0.476. The van der Waals surface area contributed by atoms with Crippen molar-refractivity contribution in [3.05, 3.63) is 60.1 Å². The molecule has 2 rings (SSSR count). The maximum Gasteiger partial charge on any atom is 0.239 e. The van der Waals surface area contributed by atoms with Gasteiger partial charge in [0.05, 0.1) is 25.8 Å². The monoisotopic (exact) mass is 357 g/mol. The third-order valence-corrected chi connectivity index (χ3v) is 3.71. The van der Waals surface area contributed by atoms with Crippen LogP contribution >= 0.6 is 0 Å². The van der Waals surface area contributed by atoms with Gasteiger partial charge in [0.25, 0.3) is 0 Å². The summed E-state index contributed by atoms with van der Waals surface area (Å²) in [6, 6.07) is 12.9. The first-order valence-electron chi connectivity index (χ1n) is 8.38. The molecule has 138 valence electrons. The minimum absolute atomic E-state index is 0.0441. The zero-order valence-electron chi connectivity index (χ0n) is 14.7. The van der Waals surface area contributed by atoms with E-state index >= 15 is 0 Å². The van der Waals surface area contributed by atoms with Crippen LogP contribution in [0, 0.1) is 0 Å². The lowest BCUT2D eigenvalue weighted by Gasteiger charge is -2.16. The van der Waals surface area contributed by atoms with E-state index in [0.717, 1.165) is 5.56 Å². The standard InChI is InChI=1S/C19H23N3O4/c1-22(14-18(24)21-13-16-8-5-11-26-16)19(25)9-10-20-17(23)12-15-6-3-2-4-7-15/h2-8,11H,9-10,12-14H2,1H3,(H,20,23)(H,21,24). The molecule has 2 aromatic rings. The molecule has 0 radical (unpaired) electrons. The molecule has 0 atom stereocenters. The number of likely N-dealkylation sites (N-methyl/N-ethyl adjacent to an activating group) is 1. The van der Waals surface area contributed by atoms with Crippen molar-refractivity contribution >= 4 is 17.7 Å². The van der Waals surface area contributed by atoms with E-state index in [4.69, 9.17) is 4.42 Å². The SMILES string of the molecule is CN(CC(=O)NCc1ccco1)C(=O)CCNC(=O)Cc1ccccc1. The maximum absolute atomic E-state index is 12.0. The molecular weight excluding hydrogens is 334 g/mol. The molecule has 0 fully saturated rings. The summed E-state index contributed by atoms with van der Waals surface area (Å²) < 4.78 is 5.12. The van der Waals surface area contributed by atoms with Gasteiger partial charge in [-0.15, -0.1) is 0 Å². The second kappa shape index (κ2) is 10.0.